The predicted octanol–water partition coefficient (Wildman–Crippen LogP) is 1.86. The topological polar surface area (TPSA) is 109 Å². The van der Waals surface area contributed by atoms with E-state index in [1.165, 1.54) is 5.56 Å². The van der Waals surface area contributed by atoms with Crippen molar-refractivity contribution < 1.29 is 14.3 Å². The highest BCUT2D eigenvalue weighted by molar-refractivity contribution is 5.85. The minimum atomic E-state index is -0.0992. The van der Waals surface area contributed by atoms with E-state index in [1.54, 1.807) is 24.2 Å². The number of tetrazole rings is 1. The minimum absolute atomic E-state index is 0.0822. The number of aromatic nitrogens is 4. The molecule has 184 valence electrons. The Kier molecular flexibility index (Phi) is 5.87. The first-order valence-corrected chi connectivity index (χ1v) is 12.2. The molecule has 36 heavy (non-hydrogen) atoms. The van der Waals surface area contributed by atoms with E-state index in [-0.39, 0.29) is 24.0 Å². The number of nitriles is 1. The standard InChI is InChI=1S/C26H27N7O3/c1-35-24-11-18(2-3-19(24)12-27)25-14-31-8-9-32(13-21(31)15-36-25)26(34)23-6-4-17-10-20(5-7-22(17)23)33-16-28-29-30-33/h2-3,5,7,10-11,16,21,23,25H,4,6,8-9,13-15H2,1H3. The largest absolute Gasteiger partial charge is 0.495 e. The summed E-state index contributed by atoms with van der Waals surface area (Å²) in [4.78, 5) is 18.0. The van der Waals surface area contributed by atoms with E-state index in [0.29, 0.717) is 31.0 Å². The van der Waals surface area contributed by atoms with Gasteiger partial charge in [0.1, 0.15) is 18.1 Å². The Bertz CT molecular complexity index is 1320. The van der Waals surface area contributed by atoms with Crippen LogP contribution in [-0.2, 0) is 16.0 Å². The molecule has 3 unspecified atom stereocenters. The van der Waals surface area contributed by atoms with Crippen LogP contribution in [0.4, 0.5) is 0 Å². The predicted molar refractivity (Wildman–Crippen MR) is 129 cm³/mol. The zero-order valence-electron chi connectivity index (χ0n) is 20.1. The molecular formula is C26H27N7O3. The number of fused-ring (bicyclic) bond motifs is 2. The second-order valence-electron chi connectivity index (χ2n) is 9.56. The molecule has 10 heteroatoms. The summed E-state index contributed by atoms with van der Waals surface area (Å²) in [7, 11) is 1.57. The molecule has 2 aromatic carbocycles. The van der Waals surface area contributed by atoms with Crippen LogP contribution in [0.5, 0.6) is 5.75 Å². The number of ether oxygens (including phenoxy) is 2. The zero-order valence-corrected chi connectivity index (χ0v) is 20.1. The van der Waals surface area contributed by atoms with Crippen LogP contribution in [0, 0.1) is 11.3 Å². The highest BCUT2D eigenvalue weighted by Crippen LogP contribution is 2.37. The highest BCUT2D eigenvalue weighted by atomic mass is 16.5. The molecule has 3 aromatic rings. The van der Waals surface area contributed by atoms with Gasteiger partial charge in [0.05, 0.1) is 43.0 Å². The lowest BCUT2D eigenvalue weighted by molar-refractivity contribution is -0.141. The van der Waals surface area contributed by atoms with Crippen molar-refractivity contribution in [3.05, 3.63) is 65.0 Å². The number of aryl methyl sites for hydroxylation is 1. The minimum Gasteiger partial charge on any atom is -0.495 e. The lowest BCUT2D eigenvalue weighted by Crippen LogP contribution is -2.60. The fourth-order valence-corrected chi connectivity index (χ4v) is 5.69. The third-order valence-electron chi connectivity index (χ3n) is 7.64. The van der Waals surface area contributed by atoms with Gasteiger partial charge in [-0.25, -0.2) is 4.68 Å². The zero-order chi connectivity index (χ0) is 24.6. The van der Waals surface area contributed by atoms with Crippen LogP contribution in [0.3, 0.4) is 0 Å². The number of carbonyl (C=O) groups is 1. The first-order valence-electron chi connectivity index (χ1n) is 12.2. The molecule has 2 saturated heterocycles. The number of methoxy groups -OCH3 is 1. The molecule has 6 rings (SSSR count). The van der Waals surface area contributed by atoms with Crippen LogP contribution in [0.1, 0.15) is 40.7 Å². The van der Waals surface area contributed by atoms with E-state index >= 15 is 0 Å². The third kappa shape index (κ3) is 4.00. The maximum absolute atomic E-state index is 13.6. The van der Waals surface area contributed by atoms with Crippen LogP contribution in [0.15, 0.2) is 42.7 Å². The highest BCUT2D eigenvalue weighted by Gasteiger charge is 2.39. The summed E-state index contributed by atoms with van der Waals surface area (Å²) < 4.78 is 13.2. The van der Waals surface area contributed by atoms with Gasteiger partial charge in [-0.2, -0.15) is 5.26 Å². The number of amides is 1. The fraction of sp³-hybridized carbons (Fsp3) is 0.423. The average Bonchev–Trinajstić information content (AvgIpc) is 3.62. The number of hydrogen-bond acceptors (Lipinski definition) is 8. The Balaban J connectivity index is 1.11. The van der Waals surface area contributed by atoms with E-state index in [0.717, 1.165) is 42.7 Å². The second-order valence-corrected chi connectivity index (χ2v) is 9.56. The Labute approximate surface area is 209 Å². The molecule has 1 amide bonds. The van der Waals surface area contributed by atoms with Crippen molar-refractivity contribution in [1.29, 1.82) is 5.26 Å². The van der Waals surface area contributed by atoms with Gasteiger partial charge in [0.25, 0.3) is 0 Å². The van der Waals surface area contributed by atoms with Gasteiger partial charge in [-0.1, -0.05) is 12.1 Å². The molecule has 3 heterocycles. The Morgan fingerprint density at radius 1 is 1.19 bits per heavy atom. The monoisotopic (exact) mass is 485 g/mol. The summed E-state index contributed by atoms with van der Waals surface area (Å²) in [5.41, 5.74) is 4.75. The molecule has 2 aliphatic heterocycles. The van der Waals surface area contributed by atoms with E-state index in [2.05, 4.69) is 38.6 Å². The molecule has 10 nitrogen and oxygen atoms in total. The summed E-state index contributed by atoms with van der Waals surface area (Å²) in [5, 5.41) is 20.6. The molecule has 1 aliphatic carbocycles. The van der Waals surface area contributed by atoms with Gasteiger partial charge in [0.2, 0.25) is 5.91 Å². The SMILES string of the molecule is COc1cc(C2CN3CCN(C(=O)C4CCc5cc(-n6cnnn6)ccc54)CC3CO2)ccc1C#N. The van der Waals surface area contributed by atoms with Gasteiger partial charge in [0, 0.05) is 26.2 Å². The lowest BCUT2D eigenvalue weighted by atomic mass is 9.97. The Morgan fingerprint density at radius 2 is 2.11 bits per heavy atom. The van der Waals surface area contributed by atoms with Crippen molar-refractivity contribution >= 4 is 5.91 Å². The number of carbonyl (C=O) groups excluding carboxylic acids is 1. The maximum atomic E-state index is 13.6. The maximum Gasteiger partial charge on any atom is 0.230 e. The van der Waals surface area contributed by atoms with E-state index in [1.807, 2.05) is 23.1 Å². The van der Waals surface area contributed by atoms with E-state index in [9.17, 15) is 10.1 Å². The first-order chi connectivity index (χ1) is 17.6. The summed E-state index contributed by atoms with van der Waals surface area (Å²) in [5.74, 6) is 0.679. The molecule has 1 aromatic heterocycles. The van der Waals surface area contributed by atoms with Gasteiger partial charge in [-0.05, 0) is 64.2 Å². The summed E-state index contributed by atoms with van der Waals surface area (Å²) in [6, 6.07) is 14.1. The summed E-state index contributed by atoms with van der Waals surface area (Å²) in [6.45, 7) is 3.53. The smallest absolute Gasteiger partial charge is 0.230 e. The molecular weight excluding hydrogens is 458 g/mol. The molecule has 0 bridgehead atoms. The van der Waals surface area contributed by atoms with E-state index < -0.39 is 0 Å². The van der Waals surface area contributed by atoms with Crippen LogP contribution >= 0.6 is 0 Å². The number of rotatable bonds is 4. The normalized spacial score (nSPS) is 23.6. The van der Waals surface area contributed by atoms with Crippen molar-refractivity contribution in [1.82, 2.24) is 30.0 Å². The van der Waals surface area contributed by atoms with Crippen LogP contribution < -0.4 is 4.74 Å². The number of nitrogens with zero attached hydrogens (tertiary/aromatic N) is 7. The van der Waals surface area contributed by atoms with Gasteiger partial charge in [-0.3, -0.25) is 9.69 Å². The molecule has 3 atom stereocenters. The Morgan fingerprint density at radius 3 is 2.92 bits per heavy atom. The summed E-state index contributed by atoms with van der Waals surface area (Å²) >= 11 is 0. The van der Waals surface area contributed by atoms with Gasteiger partial charge < -0.3 is 14.4 Å². The summed E-state index contributed by atoms with van der Waals surface area (Å²) in [6.07, 6.45) is 3.20. The average molecular weight is 486 g/mol. The van der Waals surface area contributed by atoms with Gasteiger partial charge in [0.15, 0.2) is 0 Å². The fourth-order valence-electron chi connectivity index (χ4n) is 5.69. The van der Waals surface area contributed by atoms with Crippen molar-refractivity contribution in [2.45, 2.75) is 30.9 Å². The number of piperazine rings is 1. The van der Waals surface area contributed by atoms with E-state index in [4.69, 9.17) is 9.47 Å². The van der Waals surface area contributed by atoms with Crippen LogP contribution in [0.25, 0.3) is 5.69 Å². The van der Waals surface area contributed by atoms with Crippen molar-refractivity contribution in [2.75, 3.05) is 39.9 Å². The quantitative estimate of drug-likeness (QED) is 0.551. The molecule has 2 fully saturated rings. The Hall–Kier alpha value is -3.81. The van der Waals surface area contributed by atoms with Crippen molar-refractivity contribution in [3.63, 3.8) is 0 Å². The van der Waals surface area contributed by atoms with Gasteiger partial charge >= 0.3 is 0 Å². The van der Waals surface area contributed by atoms with Crippen LogP contribution in [-0.4, -0.2) is 81.9 Å². The number of benzene rings is 2. The number of morpholine rings is 1. The molecule has 3 aliphatic rings. The molecule has 0 saturated carbocycles. The molecule has 0 radical (unpaired) electrons. The molecule has 0 N–H and O–H groups in total. The van der Waals surface area contributed by atoms with Gasteiger partial charge in [-0.15, -0.1) is 5.10 Å². The lowest BCUT2D eigenvalue weighted by Gasteiger charge is -2.46. The van der Waals surface area contributed by atoms with Crippen molar-refractivity contribution in [3.8, 4) is 17.5 Å². The second kappa shape index (κ2) is 9.33. The first kappa shape index (κ1) is 22.6. The van der Waals surface area contributed by atoms with Crippen molar-refractivity contribution in [2.24, 2.45) is 0 Å². The molecule has 0 spiro atoms. The third-order valence-corrected chi connectivity index (χ3v) is 7.64. The van der Waals surface area contributed by atoms with Crippen LogP contribution in [0.2, 0.25) is 0 Å². The number of hydrogen-bond donors (Lipinski definition) is 0.